The lowest BCUT2D eigenvalue weighted by Crippen LogP contribution is -2.40. The first-order valence-corrected chi connectivity index (χ1v) is 7.12. The number of nitrogens with one attached hydrogen (secondary N) is 1. The summed E-state index contributed by atoms with van der Waals surface area (Å²) in [5.41, 5.74) is 1.45. The van der Waals surface area contributed by atoms with Crippen LogP contribution in [0.5, 0.6) is 0 Å². The molecule has 0 radical (unpaired) electrons. The number of nitrogens with zero attached hydrogens (tertiary/aromatic N) is 3. The highest BCUT2D eigenvalue weighted by Crippen LogP contribution is 2.20. The third-order valence-corrected chi connectivity index (χ3v) is 3.40. The minimum Gasteiger partial charge on any atom is -0.421 e. The minimum absolute atomic E-state index is 0.0835. The van der Waals surface area contributed by atoms with Crippen molar-refractivity contribution in [3.05, 3.63) is 30.2 Å². The van der Waals surface area contributed by atoms with Crippen LogP contribution < -0.4 is 5.32 Å². The van der Waals surface area contributed by atoms with E-state index in [9.17, 15) is 4.79 Å². The molecular formula is C15H20N4O3. The third-order valence-electron chi connectivity index (χ3n) is 3.40. The molecule has 1 aromatic heterocycles. The van der Waals surface area contributed by atoms with Gasteiger partial charge in [-0.25, -0.2) is 4.79 Å². The van der Waals surface area contributed by atoms with Gasteiger partial charge in [0.25, 0.3) is 0 Å². The van der Waals surface area contributed by atoms with E-state index in [0.29, 0.717) is 23.9 Å². The Labute approximate surface area is 129 Å². The Balaban J connectivity index is 2.04. The van der Waals surface area contributed by atoms with E-state index in [-0.39, 0.29) is 18.7 Å². The van der Waals surface area contributed by atoms with Gasteiger partial charge in [0, 0.05) is 24.7 Å². The number of amides is 2. The van der Waals surface area contributed by atoms with Crippen molar-refractivity contribution in [2.75, 3.05) is 19.0 Å². The maximum Gasteiger partial charge on any atom is 0.321 e. The normalized spacial score (nSPS) is 12.0. The molecule has 2 N–H and O–H groups in total. The van der Waals surface area contributed by atoms with E-state index in [1.807, 2.05) is 6.92 Å². The topological polar surface area (TPSA) is 91.5 Å². The molecule has 2 aromatic rings. The van der Waals surface area contributed by atoms with Crippen molar-refractivity contribution >= 4 is 11.7 Å². The zero-order valence-corrected chi connectivity index (χ0v) is 12.9. The quantitative estimate of drug-likeness (QED) is 0.883. The summed E-state index contributed by atoms with van der Waals surface area (Å²) in [5, 5.41) is 19.7. The Hall–Kier alpha value is -2.41. The first-order chi connectivity index (χ1) is 10.5. The van der Waals surface area contributed by atoms with Gasteiger partial charge in [0.05, 0.1) is 12.6 Å². The Bertz CT molecular complexity index is 624. The lowest BCUT2D eigenvalue weighted by Gasteiger charge is -2.23. The number of rotatable bonds is 5. The molecule has 1 heterocycles. The number of aryl methyl sites for hydroxylation is 1. The van der Waals surface area contributed by atoms with Gasteiger partial charge in [0.1, 0.15) is 0 Å². The van der Waals surface area contributed by atoms with E-state index in [2.05, 4.69) is 15.5 Å². The fraction of sp³-hybridized carbons (Fsp3) is 0.400. The van der Waals surface area contributed by atoms with Gasteiger partial charge >= 0.3 is 6.03 Å². The maximum absolute atomic E-state index is 12.0. The number of aliphatic hydroxyl groups excluding tert-OH is 1. The number of hydrogen-bond acceptors (Lipinski definition) is 5. The average Bonchev–Trinajstić information content (AvgIpc) is 3.03. The van der Waals surface area contributed by atoms with Crippen molar-refractivity contribution in [1.29, 1.82) is 0 Å². The van der Waals surface area contributed by atoms with Crippen LogP contribution in [-0.4, -0.2) is 45.9 Å². The van der Waals surface area contributed by atoms with E-state index in [4.69, 9.17) is 9.52 Å². The number of anilines is 1. The SMILES string of the molecule is CCc1nnc(-c2ccc(NC(=O)N(C)C(C)CO)cc2)o1. The number of carbonyl (C=O) groups excluding carboxylic acids is 1. The van der Waals surface area contributed by atoms with Gasteiger partial charge in [-0.15, -0.1) is 10.2 Å². The summed E-state index contributed by atoms with van der Waals surface area (Å²) in [5.74, 6) is 1.05. The standard InChI is InChI=1S/C15H20N4O3/c1-4-13-17-18-14(22-13)11-5-7-12(8-6-11)16-15(21)19(3)10(2)9-20/h5-8,10,20H,4,9H2,1-3H3,(H,16,21). The zero-order chi connectivity index (χ0) is 16.1. The molecule has 0 saturated carbocycles. The number of aromatic nitrogens is 2. The third kappa shape index (κ3) is 3.62. The van der Waals surface area contributed by atoms with Gasteiger partial charge in [-0.2, -0.15) is 0 Å². The molecule has 1 atom stereocenters. The van der Waals surface area contributed by atoms with Crippen LogP contribution in [0, 0.1) is 0 Å². The van der Waals surface area contributed by atoms with Crippen LogP contribution in [0.2, 0.25) is 0 Å². The van der Waals surface area contributed by atoms with Gasteiger partial charge in [-0.3, -0.25) is 0 Å². The van der Waals surface area contributed by atoms with Crippen molar-refractivity contribution in [1.82, 2.24) is 15.1 Å². The molecule has 118 valence electrons. The van der Waals surface area contributed by atoms with Crippen molar-refractivity contribution in [3.8, 4) is 11.5 Å². The van der Waals surface area contributed by atoms with Crippen LogP contribution >= 0.6 is 0 Å². The van der Waals surface area contributed by atoms with Crippen LogP contribution in [0.15, 0.2) is 28.7 Å². The van der Waals surface area contributed by atoms with Crippen molar-refractivity contribution in [2.24, 2.45) is 0 Å². The molecule has 0 aliphatic heterocycles. The Morgan fingerprint density at radius 1 is 1.36 bits per heavy atom. The van der Waals surface area contributed by atoms with Crippen molar-refractivity contribution < 1.29 is 14.3 Å². The summed E-state index contributed by atoms with van der Waals surface area (Å²) >= 11 is 0. The molecule has 0 saturated heterocycles. The number of aliphatic hydroxyl groups is 1. The van der Waals surface area contributed by atoms with Crippen LogP contribution in [0.4, 0.5) is 10.5 Å². The Morgan fingerprint density at radius 3 is 2.59 bits per heavy atom. The lowest BCUT2D eigenvalue weighted by atomic mass is 10.2. The second-order valence-electron chi connectivity index (χ2n) is 5.00. The highest BCUT2D eigenvalue weighted by molar-refractivity contribution is 5.89. The molecule has 0 bridgehead atoms. The lowest BCUT2D eigenvalue weighted by molar-refractivity contribution is 0.166. The molecule has 1 unspecified atom stereocenters. The summed E-state index contributed by atoms with van der Waals surface area (Å²) in [7, 11) is 1.63. The van der Waals surface area contributed by atoms with Gasteiger partial charge in [0.2, 0.25) is 11.8 Å². The number of hydrogen-bond donors (Lipinski definition) is 2. The average molecular weight is 304 g/mol. The van der Waals surface area contributed by atoms with E-state index in [1.54, 1.807) is 38.2 Å². The first-order valence-electron chi connectivity index (χ1n) is 7.12. The molecule has 0 aliphatic carbocycles. The van der Waals surface area contributed by atoms with E-state index in [0.717, 1.165) is 5.56 Å². The summed E-state index contributed by atoms with van der Waals surface area (Å²) < 4.78 is 5.48. The van der Waals surface area contributed by atoms with E-state index in [1.165, 1.54) is 4.90 Å². The summed E-state index contributed by atoms with van der Waals surface area (Å²) in [6.45, 7) is 3.63. The predicted molar refractivity (Wildman–Crippen MR) is 82.4 cm³/mol. The van der Waals surface area contributed by atoms with Gasteiger partial charge < -0.3 is 19.7 Å². The zero-order valence-electron chi connectivity index (χ0n) is 12.9. The number of urea groups is 1. The summed E-state index contributed by atoms with van der Waals surface area (Å²) in [6, 6.07) is 6.61. The fourth-order valence-electron chi connectivity index (χ4n) is 1.74. The Morgan fingerprint density at radius 2 is 2.05 bits per heavy atom. The smallest absolute Gasteiger partial charge is 0.321 e. The van der Waals surface area contributed by atoms with E-state index >= 15 is 0 Å². The number of likely N-dealkylation sites (N-methyl/N-ethyl adjacent to an activating group) is 1. The minimum atomic E-state index is -0.277. The van der Waals surface area contributed by atoms with Crippen LogP contribution in [0.25, 0.3) is 11.5 Å². The molecule has 0 aliphatic rings. The molecule has 22 heavy (non-hydrogen) atoms. The van der Waals surface area contributed by atoms with Crippen molar-refractivity contribution in [3.63, 3.8) is 0 Å². The molecule has 7 heteroatoms. The van der Waals surface area contributed by atoms with Crippen LogP contribution in [0.3, 0.4) is 0 Å². The van der Waals surface area contributed by atoms with Gasteiger partial charge in [-0.05, 0) is 31.2 Å². The van der Waals surface area contributed by atoms with E-state index < -0.39 is 0 Å². The molecular weight excluding hydrogens is 284 g/mol. The summed E-state index contributed by atoms with van der Waals surface area (Å²) in [4.78, 5) is 13.4. The molecule has 7 nitrogen and oxygen atoms in total. The molecule has 0 fully saturated rings. The second kappa shape index (κ2) is 7.04. The van der Waals surface area contributed by atoms with Crippen LogP contribution in [0.1, 0.15) is 19.7 Å². The first kappa shape index (κ1) is 16.0. The maximum atomic E-state index is 12.0. The number of benzene rings is 1. The predicted octanol–water partition coefficient (Wildman–Crippen LogP) is 2.14. The molecule has 2 rings (SSSR count). The molecule has 1 aromatic carbocycles. The second-order valence-corrected chi connectivity index (χ2v) is 5.00. The van der Waals surface area contributed by atoms with Gasteiger partial charge in [0.15, 0.2) is 0 Å². The van der Waals surface area contributed by atoms with Crippen LogP contribution in [-0.2, 0) is 6.42 Å². The highest BCUT2D eigenvalue weighted by atomic mass is 16.4. The van der Waals surface area contributed by atoms with Crippen molar-refractivity contribution in [2.45, 2.75) is 26.3 Å². The largest absolute Gasteiger partial charge is 0.421 e. The summed E-state index contributed by atoms with van der Waals surface area (Å²) in [6.07, 6.45) is 0.691. The Kier molecular flexibility index (Phi) is 5.11. The van der Waals surface area contributed by atoms with Gasteiger partial charge in [-0.1, -0.05) is 6.92 Å². The molecule has 0 spiro atoms. The highest BCUT2D eigenvalue weighted by Gasteiger charge is 2.15. The number of carbonyl (C=O) groups is 1. The fourth-order valence-corrected chi connectivity index (χ4v) is 1.74. The monoisotopic (exact) mass is 304 g/mol. The molecule has 2 amide bonds.